The van der Waals surface area contributed by atoms with E-state index >= 15 is 0 Å². The molecule has 1 heterocycles. The third-order valence-electron chi connectivity index (χ3n) is 2.98. The van der Waals surface area contributed by atoms with Gasteiger partial charge in [0.05, 0.1) is 5.56 Å². The second kappa shape index (κ2) is 4.27. The number of benzene rings is 1. The molecular weight excluding hydrogens is 263 g/mol. The van der Waals surface area contributed by atoms with Crippen molar-refractivity contribution >= 4 is 5.97 Å². The zero-order chi connectivity index (χ0) is 14.3. The van der Waals surface area contributed by atoms with Gasteiger partial charge in [0, 0.05) is 0 Å². The third kappa shape index (κ3) is 2.28. The van der Waals surface area contributed by atoms with E-state index in [-0.39, 0.29) is 11.1 Å². The van der Waals surface area contributed by atoms with Gasteiger partial charge in [0.1, 0.15) is 17.4 Å². The van der Waals surface area contributed by atoms with Crippen LogP contribution in [0.15, 0.2) is 36.1 Å². The van der Waals surface area contributed by atoms with Crippen LogP contribution >= 0.6 is 0 Å². The molecule has 4 nitrogen and oxygen atoms in total. The summed E-state index contributed by atoms with van der Waals surface area (Å²) in [6.07, 6.45) is -3.51. The summed E-state index contributed by atoms with van der Waals surface area (Å²) < 4.78 is 38.0. The Kier molecular flexibility index (Phi) is 3.01. The van der Waals surface area contributed by atoms with Crippen LogP contribution in [0, 0.1) is 0 Å². The highest BCUT2D eigenvalue weighted by atomic mass is 19.4. The predicted octanol–water partition coefficient (Wildman–Crippen LogP) is 2.42. The van der Waals surface area contributed by atoms with Gasteiger partial charge in [-0.25, -0.2) is 4.79 Å². The minimum Gasteiger partial charge on any atom is -0.478 e. The largest absolute Gasteiger partial charge is 0.478 e. The van der Waals surface area contributed by atoms with Crippen LogP contribution in [-0.2, 0) is 21.3 Å². The average molecular weight is 273 g/mol. The number of nitrogens with one attached hydrogen (secondary N) is 1. The van der Waals surface area contributed by atoms with Gasteiger partial charge in [-0.3, -0.25) is 0 Å². The molecule has 0 aliphatic carbocycles. The van der Waals surface area contributed by atoms with Gasteiger partial charge in [-0.1, -0.05) is 12.1 Å². The fourth-order valence-electron chi connectivity index (χ4n) is 1.86. The number of carboxylic acid groups (broad SMARTS) is 1. The molecule has 1 unspecified atom stereocenters. The minimum atomic E-state index is -4.49. The Morgan fingerprint density at radius 1 is 1.42 bits per heavy atom. The van der Waals surface area contributed by atoms with Crippen LogP contribution in [0.1, 0.15) is 18.1 Å². The molecule has 1 aromatic rings. The molecule has 1 aromatic carbocycles. The van der Waals surface area contributed by atoms with Crippen molar-refractivity contribution in [3.8, 4) is 0 Å². The molecule has 0 aromatic heterocycles. The monoisotopic (exact) mass is 273 g/mol. The van der Waals surface area contributed by atoms with E-state index in [0.717, 1.165) is 18.4 Å². The highest BCUT2D eigenvalue weighted by Crippen LogP contribution is 2.36. The number of carboxylic acids is 1. The van der Waals surface area contributed by atoms with E-state index in [0.29, 0.717) is 0 Å². The summed E-state index contributed by atoms with van der Waals surface area (Å²) in [5.74, 6) is -1.26. The number of aliphatic carboxylic acids is 1. The zero-order valence-corrected chi connectivity index (χ0v) is 9.78. The molecule has 0 bridgehead atoms. The van der Waals surface area contributed by atoms with E-state index in [1.807, 2.05) is 0 Å². The van der Waals surface area contributed by atoms with Crippen molar-refractivity contribution in [2.75, 3.05) is 0 Å². The summed E-state index contributed by atoms with van der Waals surface area (Å²) >= 11 is 0. The smallest absolute Gasteiger partial charge is 0.416 e. The van der Waals surface area contributed by atoms with Crippen molar-refractivity contribution < 1.29 is 27.9 Å². The van der Waals surface area contributed by atoms with Gasteiger partial charge in [0.2, 0.25) is 0 Å². The molecule has 19 heavy (non-hydrogen) atoms. The van der Waals surface area contributed by atoms with E-state index in [1.165, 1.54) is 19.1 Å². The van der Waals surface area contributed by atoms with Crippen molar-refractivity contribution in [3.05, 3.63) is 47.2 Å². The van der Waals surface area contributed by atoms with E-state index in [9.17, 15) is 18.0 Å². The number of hydrogen-bond donors (Lipinski definition) is 2. The Hall–Kier alpha value is -2.02. The number of halogens is 3. The molecule has 0 fully saturated rings. The lowest BCUT2D eigenvalue weighted by atomic mass is 9.85. The maximum Gasteiger partial charge on any atom is 0.416 e. The van der Waals surface area contributed by atoms with Crippen LogP contribution in [0.4, 0.5) is 13.2 Å². The van der Waals surface area contributed by atoms with Crippen LogP contribution in [-0.4, -0.2) is 11.1 Å². The lowest BCUT2D eigenvalue weighted by Gasteiger charge is -2.25. The molecule has 0 amide bonds. The second-order valence-electron chi connectivity index (χ2n) is 4.26. The number of hydrogen-bond acceptors (Lipinski definition) is 3. The second-order valence-corrected chi connectivity index (χ2v) is 4.26. The van der Waals surface area contributed by atoms with Gasteiger partial charge in [-0.15, -0.1) is 5.48 Å². The molecule has 1 aliphatic heterocycles. The maximum atomic E-state index is 12.7. The van der Waals surface area contributed by atoms with Crippen LogP contribution in [0.3, 0.4) is 0 Å². The van der Waals surface area contributed by atoms with E-state index in [2.05, 4.69) is 5.48 Å². The van der Waals surface area contributed by atoms with Crippen molar-refractivity contribution in [3.63, 3.8) is 0 Å². The van der Waals surface area contributed by atoms with Crippen LogP contribution in [0.2, 0.25) is 0 Å². The quantitative estimate of drug-likeness (QED) is 0.868. The zero-order valence-electron chi connectivity index (χ0n) is 9.78. The first kappa shape index (κ1) is 13.4. The molecule has 0 saturated carbocycles. The standard InChI is InChI=1S/C12H10F3NO3/c1-11(9(10(17)18)6-19-16-11)7-3-2-4-8(5-7)12(13,14)15/h2-6,16H,1H3,(H,17,18). The Morgan fingerprint density at radius 3 is 2.68 bits per heavy atom. The molecule has 1 atom stereocenters. The number of alkyl halides is 3. The molecule has 102 valence electrons. The molecule has 0 radical (unpaired) electrons. The van der Waals surface area contributed by atoms with Gasteiger partial charge < -0.3 is 9.94 Å². The highest BCUT2D eigenvalue weighted by molar-refractivity contribution is 5.89. The molecule has 1 aliphatic rings. The SMILES string of the molecule is CC1(c2cccc(C(F)(F)F)c2)NOC=C1C(=O)O. The van der Waals surface area contributed by atoms with Crippen molar-refractivity contribution in [1.29, 1.82) is 0 Å². The van der Waals surface area contributed by atoms with Gasteiger partial charge in [0.15, 0.2) is 0 Å². The van der Waals surface area contributed by atoms with Crippen LogP contribution < -0.4 is 5.48 Å². The minimum absolute atomic E-state index is 0.160. The number of rotatable bonds is 2. The van der Waals surface area contributed by atoms with Crippen molar-refractivity contribution in [1.82, 2.24) is 5.48 Å². The average Bonchev–Trinajstić information content (AvgIpc) is 2.72. The Labute approximate surface area is 106 Å². The van der Waals surface area contributed by atoms with Crippen LogP contribution in [0.5, 0.6) is 0 Å². The van der Waals surface area contributed by atoms with Gasteiger partial charge >= 0.3 is 12.1 Å². The summed E-state index contributed by atoms with van der Waals surface area (Å²) in [4.78, 5) is 15.8. The summed E-state index contributed by atoms with van der Waals surface area (Å²) in [6, 6.07) is 4.46. The highest BCUT2D eigenvalue weighted by Gasteiger charge is 2.41. The normalized spacial score (nSPS) is 22.8. The fraction of sp³-hybridized carbons (Fsp3) is 0.250. The lowest BCUT2D eigenvalue weighted by molar-refractivity contribution is -0.137. The van der Waals surface area contributed by atoms with E-state index in [4.69, 9.17) is 9.94 Å². The van der Waals surface area contributed by atoms with Gasteiger partial charge in [0.25, 0.3) is 0 Å². The molecule has 2 N–H and O–H groups in total. The predicted molar refractivity (Wildman–Crippen MR) is 58.7 cm³/mol. The first-order chi connectivity index (χ1) is 8.75. The number of hydroxylamine groups is 1. The third-order valence-corrected chi connectivity index (χ3v) is 2.98. The molecule has 7 heteroatoms. The summed E-state index contributed by atoms with van der Waals surface area (Å²) in [5.41, 5.74) is 0.250. The lowest BCUT2D eigenvalue weighted by Crippen LogP contribution is -2.38. The topological polar surface area (TPSA) is 58.6 Å². The van der Waals surface area contributed by atoms with Gasteiger partial charge in [-0.2, -0.15) is 13.2 Å². The Balaban J connectivity index is 2.48. The van der Waals surface area contributed by atoms with Gasteiger partial charge in [-0.05, 0) is 24.6 Å². The van der Waals surface area contributed by atoms with E-state index < -0.39 is 23.2 Å². The summed E-state index contributed by atoms with van der Waals surface area (Å²) in [6.45, 7) is 1.44. The molecule has 0 saturated heterocycles. The van der Waals surface area contributed by atoms with E-state index in [1.54, 1.807) is 0 Å². The summed E-state index contributed by atoms with van der Waals surface area (Å²) in [5, 5.41) is 9.03. The fourth-order valence-corrected chi connectivity index (χ4v) is 1.86. The number of carbonyl (C=O) groups is 1. The Bertz CT molecular complexity index is 553. The first-order valence-corrected chi connectivity index (χ1v) is 5.29. The Morgan fingerprint density at radius 2 is 2.11 bits per heavy atom. The molecule has 2 rings (SSSR count). The molecular formula is C12H10F3NO3. The summed E-state index contributed by atoms with van der Waals surface area (Å²) in [7, 11) is 0. The van der Waals surface area contributed by atoms with Crippen molar-refractivity contribution in [2.24, 2.45) is 0 Å². The maximum absolute atomic E-state index is 12.7. The first-order valence-electron chi connectivity index (χ1n) is 5.29. The van der Waals surface area contributed by atoms with Crippen molar-refractivity contribution in [2.45, 2.75) is 18.6 Å². The molecule has 0 spiro atoms. The van der Waals surface area contributed by atoms with Crippen LogP contribution in [0.25, 0.3) is 0 Å².